The van der Waals surface area contributed by atoms with Gasteiger partial charge in [-0.15, -0.1) is 0 Å². The van der Waals surface area contributed by atoms with E-state index in [9.17, 15) is 4.79 Å². The molecule has 0 spiro atoms. The normalized spacial score (nSPS) is 11.8. The molecule has 0 aliphatic carbocycles. The van der Waals surface area contributed by atoms with Crippen LogP contribution >= 0.6 is 0 Å². The maximum atomic E-state index is 11.7. The molecule has 4 N–H and O–H groups in total. The Morgan fingerprint density at radius 1 is 1.21 bits per heavy atom. The number of ether oxygens (including phenoxy) is 1. The zero-order valence-electron chi connectivity index (χ0n) is 16.9. The van der Waals surface area contributed by atoms with Gasteiger partial charge in [0, 0.05) is 25.2 Å². The molecule has 0 unspecified atom stereocenters. The molecule has 1 aromatic heterocycles. The second-order valence-corrected chi connectivity index (χ2v) is 7.09. The van der Waals surface area contributed by atoms with Crippen molar-refractivity contribution in [2.24, 2.45) is 4.99 Å². The molecule has 0 saturated carbocycles. The molecule has 0 aliphatic heterocycles. The minimum Gasteiger partial charge on any atom is -0.444 e. The number of nitrogens with one attached hydrogen (secondary N) is 4. The second kappa shape index (κ2) is 10.3. The number of guanidine groups is 1. The molecule has 1 heterocycles. The summed E-state index contributed by atoms with van der Waals surface area (Å²) >= 11 is 0. The van der Waals surface area contributed by atoms with Gasteiger partial charge in [-0.3, -0.25) is 5.10 Å². The number of rotatable bonds is 7. The predicted molar refractivity (Wildman–Crippen MR) is 109 cm³/mol. The molecule has 2 rings (SSSR count). The molecule has 1 aromatic carbocycles. The summed E-state index contributed by atoms with van der Waals surface area (Å²) in [6.07, 6.45) is 1.05. The molecular formula is C19H29N7O2. The quantitative estimate of drug-likeness (QED) is 0.328. The van der Waals surface area contributed by atoms with Crippen molar-refractivity contribution in [2.45, 2.75) is 39.8 Å². The van der Waals surface area contributed by atoms with Crippen LogP contribution in [-0.2, 0) is 11.3 Å². The lowest BCUT2D eigenvalue weighted by Gasteiger charge is -2.19. The molecule has 152 valence electrons. The van der Waals surface area contributed by atoms with Gasteiger partial charge in [0.2, 0.25) is 0 Å². The van der Waals surface area contributed by atoms with E-state index in [0.29, 0.717) is 25.6 Å². The molecular weight excluding hydrogens is 358 g/mol. The van der Waals surface area contributed by atoms with Crippen LogP contribution < -0.4 is 16.0 Å². The highest BCUT2D eigenvalue weighted by Gasteiger charge is 2.15. The van der Waals surface area contributed by atoms with Crippen molar-refractivity contribution in [2.75, 3.05) is 19.6 Å². The van der Waals surface area contributed by atoms with Crippen LogP contribution in [0.1, 0.15) is 33.3 Å². The molecule has 0 saturated heterocycles. The molecule has 0 radical (unpaired) electrons. The average Bonchev–Trinajstić information content (AvgIpc) is 3.16. The Morgan fingerprint density at radius 3 is 2.68 bits per heavy atom. The second-order valence-electron chi connectivity index (χ2n) is 7.09. The summed E-state index contributed by atoms with van der Waals surface area (Å²) < 4.78 is 5.20. The van der Waals surface area contributed by atoms with Gasteiger partial charge in [-0.25, -0.2) is 14.8 Å². The first-order chi connectivity index (χ1) is 13.4. The molecule has 0 bridgehead atoms. The number of aromatic nitrogens is 3. The van der Waals surface area contributed by atoms with Crippen LogP contribution in [0.4, 0.5) is 4.79 Å². The van der Waals surface area contributed by atoms with Gasteiger partial charge in [0.15, 0.2) is 11.8 Å². The Labute approximate surface area is 165 Å². The fraction of sp³-hybridized carbons (Fsp3) is 0.474. The molecule has 0 atom stereocenters. The van der Waals surface area contributed by atoms with E-state index in [4.69, 9.17) is 4.74 Å². The van der Waals surface area contributed by atoms with Crippen molar-refractivity contribution in [3.8, 4) is 11.4 Å². The van der Waals surface area contributed by atoms with Gasteiger partial charge in [0.25, 0.3) is 0 Å². The van der Waals surface area contributed by atoms with Gasteiger partial charge < -0.3 is 20.7 Å². The van der Waals surface area contributed by atoms with Crippen LogP contribution in [0.15, 0.2) is 35.6 Å². The van der Waals surface area contributed by atoms with Gasteiger partial charge in [-0.05, 0) is 39.3 Å². The van der Waals surface area contributed by atoms with Crippen molar-refractivity contribution in [1.82, 2.24) is 31.1 Å². The lowest BCUT2D eigenvalue weighted by molar-refractivity contribution is 0.0529. The van der Waals surface area contributed by atoms with E-state index in [0.717, 1.165) is 23.5 Å². The lowest BCUT2D eigenvalue weighted by atomic mass is 10.1. The molecule has 28 heavy (non-hydrogen) atoms. The molecule has 9 nitrogen and oxygen atoms in total. The topological polar surface area (TPSA) is 116 Å². The third kappa shape index (κ3) is 7.65. The minimum absolute atomic E-state index is 0.430. The SMILES string of the molecule is CCNC(=NCc1cccc(-c2ncn[nH]2)c1)NCCNC(=O)OC(C)(C)C. The van der Waals surface area contributed by atoms with Gasteiger partial charge in [-0.1, -0.05) is 18.2 Å². The summed E-state index contributed by atoms with van der Waals surface area (Å²) in [5, 5.41) is 15.8. The number of carbonyl (C=O) groups is 1. The highest BCUT2D eigenvalue weighted by Crippen LogP contribution is 2.15. The summed E-state index contributed by atoms with van der Waals surface area (Å²) in [6.45, 7) is 9.71. The minimum atomic E-state index is -0.506. The summed E-state index contributed by atoms with van der Waals surface area (Å²) in [6, 6.07) is 7.97. The Kier molecular flexibility index (Phi) is 7.79. The van der Waals surface area contributed by atoms with Crippen molar-refractivity contribution >= 4 is 12.1 Å². The van der Waals surface area contributed by atoms with E-state index in [1.807, 2.05) is 52.0 Å². The lowest BCUT2D eigenvalue weighted by Crippen LogP contribution is -2.42. The van der Waals surface area contributed by atoms with Crippen LogP contribution in [0.5, 0.6) is 0 Å². The first kappa shape index (κ1) is 21.2. The van der Waals surface area contributed by atoms with Crippen molar-refractivity contribution in [3.63, 3.8) is 0 Å². The highest BCUT2D eigenvalue weighted by atomic mass is 16.6. The number of H-pyrrole nitrogens is 1. The van der Waals surface area contributed by atoms with Crippen molar-refractivity contribution < 1.29 is 9.53 Å². The summed E-state index contributed by atoms with van der Waals surface area (Å²) in [7, 11) is 0. The summed E-state index contributed by atoms with van der Waals surface area (Å²) in [4.78, 5) is 20.4. The first-order valence-electron chi connectivity index (χ1n) is 9.31. The monoisotopic (exact) mass is 387 g/mol. The smallest absolute Gasteiger partial charge is 0.407 e. The number of hydrogen-bond acceptors (Lipinski definition) is 5. The standard InChI is InChI=1S/C19H29N7O2/c1-5-20-17(21-9-10-22-18(27)28-19(2,3)4)23-12-14-7-6-8-15(11-14)16-24-13-25-26-16/h6-8,11,13H,5,9-10,12H2,1-4H3,(H,22,27)(H2,20,21,23)(H,24,25,26). The number of nitrogens with zero attached hydrogens (tertiary/aromatic N) is 3. The van der Waals surface area contributed by atoms with Crippen LogP contribution in [-0.4, -0.2) is 52.5 Å². The Bertz CT molecular complexity index is 767. The van der Waals surface area contributed by atoms with E-state index in [2.05, 4.69) is 36.1 Å². The zero-order chi connectivity index (χ0) is 20.4. The third-order valence-corrected chi connectivity index (χ3v) is 3.47. The van der Waals surface area contributed by atoms with Crippen molar-refractivity contribution in [1.29, 1.82) is 0 Å². The largest absolute Gasteiger partial charge is 0.444 e. The van der Waals surface area contributed by atoms with Gasteiger partial charge in [0.05, 0.1) is 6.54 Å². The van der Waals surface area contributed by atoms with Crippen LogP contribution in [0.3, 0.4) is 0 Å². The van der Waals surface area contributed by atoms with Gasteiger partial charge in [-0.2, -0.15) is 5.10 Å². The van der Waals surface area contributed by atoms with E-state index in [1.165, 1.54) is 6.33 Å². The van der Waals surface area contributed by atoms with Gasteiger partial charge >= 0.3 is 6.09 Å². The van der Waals surface area contributed by atoms with Crippen LogP contribution in [0.25, 0.3) is 11.4 Å². The van der Waals surface area contributed by atoms with E-state index < -0.39 is 11.7 Å². The van der Waals surface area contributed by atoms with Gasteiger partial charge in [0.1, 0.15) is 11.9 Å². The van der Waals surface area contributed by atoms with E-state index in [-0.39, 0.29) is 0 Å². The molecule has 2 aromatic rings. The number of hydrogen-bond donors (Lipinski definition) is 4. The molecule has 0 aliphatic rings. The number of aliphatic imine (C=N–C) groups is 1. The maximum absolute atomic E-state index is 11.7. The Balaban J connectivity index is 1.85. The predicted octanol–water partition coefficient (Wildman–Crippen LogP) is 2.05. The fourth-order valence-corrected chi connectivity index (χ4v) is 2.33. The first-order valence-corrected chi connectivity index (χ1v) is 9.31. The van der Waals surface area contributed by atoms with E-state index >= 15 is 0 Å². The van der Waals surface area contributed by atoms with Crippen LogP contribution in [0.2, 0.25) is 0 Å². The number of aromatic amines is 1. The maximum Gasteiger partial charge on any atom is 0.407 e. The number of alkyl carbamates (subject to hydrolysis) is 1. The number of benzene rings is 1. The number of amides is 1. The Morgan fingerprint density at radius 2 is 2.00 bits per heavy atom. The fourth-order valence-electron chi connectivity index (χ4n) is 2.33. The highest BCUT2D eigenvalue weighted by molar-refractivity contribution is 5.79. The third-order valence-electron chi connectivity index (χ3n) is 3.47. The van der Waals surface area contributed by atoms with Crippen molar-refractivity contribution in [3.05, 3.63) is 36.2 Å². The molecule has 1 amide bonds. The van der Waals surface area contributed by atoms with E-state index in [1.54, 1.807) is 0 Å². The molecule has 0 fully saturated rings. The Hall–Kier alpha value is -3.10. The zero-order valence-corrected chi connectivity index (χ0v) is 16.9. The molecule has 9 heteroatoms. The average molecular weight is 387 g/mol. The number of carbonyl (C=O) groups excluding carboxylic acids is 1. The summed E-state index contributed by atoms with van der Waals surface area (Å²) in [5.41, 5.74) is 1.51. The van der Waals surface area contributed by atoms with Crippen LogP contribution in [0, 0.1) is 0 Å². The summed E-state index contributed by atoms with van der Waals surface area (Å²) in [5.74, 6) is 1.41.